The number of hydrogen-bond acceptors (Lipinski definition) is 9. The summed E-state index contributed by atoms with van der Waals surface area (Å²) in [5.41, 5.74) is 1.52. The minimum Gasteiger partial charge on any atom is -0.494 e. The molecule has 1 aromatic heterocycles. The molecule has 3 atom stereocenters. The van der Waals surface area contributed by atoms with Gasteiger partial charge < -0.3 is 35.1 Å². The van der Waals surface area contributed by atoms with E-state index in [0.29, 0.717) is 36.9 Å². The Morgan fingerprint density at radius 1 is 0.927 bits per heavy atom. The molecule has 0 saturated carbocycles. The van der Waals surface area contributed by atoms with E-state index in [1.807, 2.05) is 76.2 Å². The van der Waals surface area contributed by atoms with E-state index in [0.717, 1.165) is 36.1 Å². The lowest BCUT2D eigenvalue weighted by atomic mass is 9.95. The van der Waals surface area contributed by atoms with Crippen LogP contribution in [0, 0.1) is 12.8 Å². The summed E-state index contributed by atoms with van der Waals surface area (Å²) in [5.74, 6) is -1.55. The Bertz CT molecular complexity index is 1800. The number of rotatable bonds is 14. The lowest BCUT2D eigenvalue weighted by Gasteiger charge is -2.34. The summed E-state index contributed by atoms with van der Waals surface area (Å²) in [6.45, 7) is 15.7. The number of benzene rings is 2. The van der Waals surface area contributed by atoms with E-state index >= 15 is 0 Å². The van der Waals surface area contributed by atoms with Gasteiger partial charge in [0.1, 0.15) is 29.0 Å². The van der Waals surface area contributed by atoms with Crippen LogP contribution in [0.2, 0.25) is 0 Å². The van der Waals surface area contributed by atoms with Crippen LogP contribution in [0.5, 0.6) is 5.75 Å². The summed E-state index contributed by atoms with van der Waals surface area (Å²) in [4.78, 5) is 66.7. The maximum atomic E-state index is 13.9. The lowest BCUT2D eigenvalue weighted by Crippen LogP contribution is -2.51. The molecule has 3 aromatic rings. The van der Waals surface area contributed by atoms with Crippen molar-refractivity contribution in [2.45, 2.75) is 111 Å². The molecule has 1 aliphatic rings. The molecule has 4 rings (SSSR count). The molecule has 4 amide bonds. The maximum Gasteiger partial charge on any atom is 0.410 e. The Labute approximate surface area is 323 Å². The molecule has 0 bridgehead atoms. The predicted octanol–water partition coefficient (Wildman–Crippen LogP) is 5.31. The first kappa shape index (κ1) is 42.3. The highest BCUT2D eigenvalue weighted by Crippen LogP contribution is 2.24. The fraction of sp³-hybridized carbons (Fsp3) is 0.512. The van der Waals surface area contributed by atoms with Gasteiger partial charge in [-0.15, -0.1) is 0 Å². The largest absolute Gasteiger partial charge is 0.494 e. The molecule has 3 N–H and O–H groups in total. The second-order valence-electron chi connectivity index (χ2n) is 15.9. The zero-order chi connectivity index (χ0) is 40.3. The topological polar surface area (TPSA) is 170 Å². The van der Waals surface area contributed by atoms with E-state index in [4.69, 9.17) is 14.2 Å². The van der Waals surface area contributed by atoms with Crippen LogP contribution in [0.3, 0.4) is 0 Å². The minimum absolute atomic E-state index is 0.127. The lowest BCUT2D eigenvalue weighted by molar-refractivity contribution is -0.156. The van der Waals surface area contributed by atoms with Gasteiger partial charge in [-0.25, -0.2) is 9.48 Å². The average Bonchev–Trinajstić information content (AvgIpc) is 3.59. The molecule has 298 valence electrons. The smallest absolute Gasteiger partial charge is 0.410 e. The van der Waals surface area contributed by atoms with E-state index < -0.39 is 53.4 Å². The molecule has 0 radical (unpaired) electrons. The van der Waals surface area contributed by atoms with Gasteiger partial charge in [-0.2, -0.15) is 5.10 Å². The Morgan fingerprint density at radius 2 is 1.64 bits per heavy atom. The third-order valence-electron chi connectivity index (χ3n) is 8.73. The van der Waals surface area contributed by atoms with Gasteiger partial charge in [0.25, 0.3) is 0 Å². The van der Waals surface area contributed by atoms with Crippen molar-refractivity contribution < 1.29 is 38.2 Å². The number of ether oxygens (including phenoxy) is 3. The van der Waals surface area contributed by atoms with Crippen molar-refractivity contribution in [3.05, 3.63) is 77.6 Å². The molecule has 2 unspecified atom stereocenters. The fourth-order valence-corrected chi connectivity index (χ4v) is 6.10. The average molecular weight is 761 g/mol. The van der Waals surface area contributed by atoms with Crippen molar-refractivity contribution >= 4 is 29.8 Å². The molecule has 55 heavy (non-hydrogen) atoms. The summed E-state index contributed by atoms with van der Waals surface area (Å²) in [7, 11) is 0. The van der Waals surface area contributed by atoms with Crippen molar-refractivity contribution in [1.29, 1.82) is 0 Å². The molecular weight excluding hydrogens is 704 g/mol. The van der Waals surface area contributed by atoms with Gasteiger partial charge in [-0.1, -0.05) is 24.3 Å². The first-order valence-corrected chi connectivity index (χ1v) is 18.7. The van der Waals surface area contributed by atoms with Crippen molar-refractivity contribution in [2.75, 3.05) is 19.7 Å². The first-order valence-electron chi connectivity index (χ1n) is 18.7. The normalized spacial score (nSPS) is 15.6. The van der Waals surface area contributed by atoms with Crippen LogP contribution in [0.25, 0.3) is 5.69 Å². The maximum absolute atomic E-state index is 13.9. The fourth-order valence-electron chi connectivity index (χ4n) is 6.10. The molecule has 1 fully saturated rings. The predicted molar refractivity (Wildman–Crippen MR) is 206 cm³/mol. The minimum atomic E-state index is -1.29. The van der Waals surface area contributed by atoms with Gasteiger partial charge in [0.05, 0.1) is 24.9 Å². The van der Waals surface area contributed by atoms with Crippen LogP contribution in [0.1, 0.15) is 96.9 Å². The Morgan fingerprint density at radius 3 is 2.31 bits per heavy atom. The number of aryl methyl sites for hydroxylation is 1. The summed E-state index contributed by atoms with van der Waals surface area (Å²) in [6.07, 6.45) is 5.08. The van der Waals surface area contributed by atoms with Gasteiger partial charge in [0.15, 0.2) is 0 Å². The Hall–Kier alpha value is -5.40. The standard InChI is InChI=1S/C41H56N6O8/c1-27-16-17-33(53-20-18-29-13-12-19-46(25-29)39(52)55-41(6,7)8)21-30(27)23-42-38(51)36(31-24-43-47(26-31)32-14-10-9-11-15-32)45-37(50)34(44-28(2)48)22-35(49)54-40(3,4)5/h9-11,14-17,21,24,26,29,34,36H,12-13,18-20,22-23,25H2,1-8H3,(H,42,51)(H,44,48)(H,45,50)/t29?,34-,36?/m0/s1. The number of piperidine rings is 1. The highest BCUT2D eigenvalue weighted by molar-refractivity contribution is 5.94. The zero-order valence-electron chi connectivity index (χ0n) is 33.3. The molecule has 14 nitrogen and oxygen atoms in total. The van der Waals surface area contributed by atoms with Crippen LogP contribution >= 0.6 is 0 Å². The summed E-state index contributed by atoms with van der Waals surface area (Å²) < 4.78 is 18.7. The number of hydrogen-bond donors (Lipinski definition) is 3. The summed E-state index contributed by atoms with van der Waals surface area (Å²) in [6, 6.07) is 12.4. The highest BCUT2D eigenvalue weighted by Gasteiger charge is 2.32. The zero-order valence-corrected chi connectivity index (χ0v) is 33.3. The van der Waals surface area contributed by atoms with Gasteiger partial charge >= 0.3 is 12.1 Å². The van der Waals surface area contributed by atoms with Crippen LogP contribution in [-0.4, -0.2) is 81.4 Å². The number of esters is 1. The summed E-state index contributed by atoms with van der Waals surface area (Å²) >= 11 is 0. The van der Waals surface area contributed by atoms with E-state index in [1.165, 1.54) is 13.1 Å². The number of nitrogens with one attached hydrogen (secondary N) is 3. The second-order valence-corrected chi connectivity index (χ2v) is 15.9. The van der Waals surface area contributed by atoms with E-state index in [9.17, 15) is 24.0 Å². The van der Waals surface area contributed by atoms with Crippen LogP contribution < -0.4 is 20.7 Å². The molecule has 0 aliphatic carbocycles. The van der Waals surface area contributed by atoms with Gasteiger partial charge in [-0.3, -0.25) is 19.2 Å². The third-order valence-corrected chi connectivity index (χ3v) is 8.73. The molecule has 0 spiro atoms. The van der Waals surface area contributed by atoms with Crippen LogP contribution in [0.4, 0.5) is 4.79 Å². The number of nitrogens with zero attached hydrogens (tertiary/aromatic N) is 3. The van der Waals surface area contributed by atoms with Gasteiger partial charge in [0.2, 0.25) is 17.7 Å². The SMILES string of the molecule is CC(=O)N[C@@H](CC(=O)OC(C)(C)C)C(=O)NC(C(=O)NCc1cc(OCCC2CCCN(C(=O)OC(C)(C)C)C2)ccc1C)c1cnn(-c2ccccc2)c1. The molecule has 14 heteroatoms. The molecule has 2 aromatic carbocycles. The van der Waals surface area contributed by atoms with Crippen LogP contribution in [0.15, 0.2) is 60.9 Å². The van der Waals surface area contributed by atoms with Gasteiger partial charge in [-0.05, 0) is 109 Å². The van der Waals surface area contributed by atoms with Crippen molar-refractivity contribution in [2.24, 2.45) is 5.92 Å². The molecular formula is C41H56N6O8. The Balaban J connectivity index is 1.44. The summed E-state index contributed by atoms with van der Waals surface area (Å²) in [5, 5.41) is 12.6. The van der Waals surface area contributed by atoms with E-state index in [1.54, 1.807) is 36.5 Å². The van der Waals surface area contributed by atoms with E-state index in [2.05, 4.69) is 21.0 Å². The Kier molecular flexibility index (Phi) is 14.4. The number of carbonyl (C=O) groups is 5. The molecule has 1 aliphatic heterocycles. The number of para-hydroxylation sites is 1. The van der Waals surface area contributed by atoms with Crippen molar-refractivity contribution in [3.8, 4) is 11.4 Å². The van der Waals surface area contributed by atoms with Crippen LogP contribution in [-0.2, 0) is 35.2 Å². The quantitative estimate of drug-likeness (QED) is 0.185. The number of amides is 4. The number of likely N-dealkylation sites (tertiary alicyclic amines) is 1. The first-order chi connectivity index (χ1) is 25.9. The molecule has 1 saturated heterocycles. The van der Waals surface area contributed by atoms with Crippen molar-refractivity contribution in [3.63, 3.8) is 0 Å². The highest BCUT2D eigenvalue weighted by atomic mass is 16.6. The van der Waals surface area contributed by atoms with E-state index in [-0.39, 0.29) is 12.6 Å². The number of carbonyl (C=O) groups excluding carboxylic acids is 5. The molecule has 2 heterocycles. The van der Waals surface area contributed by atoms with Gasteiger partial charge in [0, 0.05) is 38.3 Å². The third kappa shape index (κ3) is 13.8. The monoisotopic (exact) mass is 760 g/mol. The van der Waals surface area contributed by atoms with Crippen molar-refractivity contribution in [1.82, 2.24) is 30.6 Å². The number of aromatic nitrogens is 2. The second kappa shape index (κ2) is 18.8.